The van der Waals surface area contributed by atoms with Crippen molar-refractivity contribution in [1.29, 1.82) is 0 Å². The predicted octanol–water partition coefficient (Wildman–Crippen LogP) is 2.31. The molecule has 2 heterocycles. The van der Waals surface area contributed by atoms with E-state index in [9.17, 15) is 4.79 Å². The summed E-state index contributed by atoms with van der Waals surface area (Å²) in [5.41, 5.74) is 1.12. The Morgan fingerprint density at radius 2 is 2.08 bits per heavy atom. The van der Waals surface area contributed by atoms with Gasteiger partial charge in [0.05, 0.1) is 18.8 Å². The van der Waals surface area contributed by atoms with Crippen LogP contribution >= 0.6 is 0 Å². The second-order valence-electron chi connectivity index (χ2n) is 7.72. The van der Waals surface area contributed by atoms with Gasteiger partial charge in [-0.2, -0.15) is 0 Å². The van der Waals surface area contributed by atoms with Gasteiger partial charge in [-0.1, -0.05) is 25.0 Å². The van der Waals surface area contributed by atoms with Crippen molar-refractivity contribution in [3.05, 3.63) is 24.3 Å². The Labute approximate surface area is 150 Å². The summed E-state index contributed by atoms with van der Waals surface area (Å²) in [6, 6.07) is 8.91. The fourth-order valence-corrected chi connectivity index (χ4v) is 4.81. The van der Waals surface area contributed by atoms with Gasteiger partial charge in [0.15, 0.2) is 0 Å². The van der Waals surface area contributed by atoms with E-state index in [1.165, 1.54) is 25.7 Å². The number of nitrogens with one attached hydrogen (secondary N) is 2. The zero-order valence-corrected chi connectivity index (χ0v) is 15.0. The molecule has 0 spiro atoms. The molecule has 4 atom stereocenters. The summed E-state index contributed by atoms with van der Waals surface area (Å²) in [6.07, 6.45) is 7.15. The van der Waals surface area contributed by atoms with Crippen LogP contribution < -0.4 is 20.3 Å². The number of anilines is 1. The van der Waals surface area contributed by atoms with Crippen LogP contribution in [0.3, 0.4) is 0 Å². The average Bonchev–Trinajstić information content (AvgIpc) is 3.28. The quantitative estimate of drug-likeness (QED) is 0.881. The second kappa shape index (κ2) is 7.24. The molecule has 1 amide bonds. The van der Waals surface area contributed by atoms with Crippen molar-refractivity contribution in [2.75, 3.05) is 25.1 Å². The van der Waals surface area contributed by atoms with Crippen molar-refractivity contribution in [3.8, 4) is 5.75 Å². The number of amides is 1. The van der Waals surface area contributed by atoms with Gasteiger partial charge in [0.25, 0.3) is 0 Å². The van der Waals surface area contributed by atoms with Gasteiger partial charge in [0, 0.05) is 25.2 Å². The summed E-state index contributed by atoms with van der Waals surface area (Å²) in [5, 5.41) is 6.87. The molecule has 4 unspecified atom stereocenters. The van der Waals surface area contributed by atoms with Gasteiger partial charge in [-0.15, -0.1) is 0 Å². The largest absolute Gasteiger partial charge is 0.495 e. The third-order valence-electron chi connectivity index (χ3n) is 6.14. The molecule has 2 N–H and O–H groups in total. The van der Waals surface area contributed by atoms with Crippen LogP contribution in [0.4, 0.5) is 5.69 Å². The Hall–Kier alpha value is -1.75. The number of nitrogens with zero attached hydrogens (tertiary/aromatic N) is 1. The van der Waals surface area contributed by atoms with Gasteiger partial charge < -0.3 is 20.3 Å². The zero-order chi connectivity index (χ0) is 17.2. The summed E-state index contributed by atoms with van der Waals surface area (Å²) < 4.78 is 5.47. The number of rotatable bonds is 4. The maximum Gasteiger partial charge on any atom is 0.237 e. The van der Waals surface area contributed by atoms with Crippen LogP contribution in [0.5, 0.6) is 5.75 Å². The minimum Gasteiger partial charge on any atom is -0.495 e. The monoisotopic (exact) mass is 343 g/mol. The van der Waals surface area contributed by atoms with E-state index in [2.05, 4.69) is 21.6 Å². The van der Waals surface area contributed by atoms with Gasteiger partial charge in [-0.25, -0.2) is 0 Å². The lowest BCUT2D eigenvalue weighted by molar-refractivity contribution is -0.123. The van der Waals surface area contributed by atoms with Crippen molar-refractivity contribution >= 4 is 11.6 Å². The number of para-hydroxylation sites is 2. The SMILES string of the molecule is COc1ccccc1N1CCC(NC(=O)C2CC3CCCCC3N2)C1. The van der Waals surface area contributed by atoms with E-state index in [1.807, 2.05) is 18.2 Å². The number of carbonyl (C=O) groups is 1. The average molecular weight is 343 g/mol. The van der Waals surface area contributed by atoms with Crippen LogP contribution in [0, 0.1) is 5.92 Å². The number of hydrogen-bond acceptors (Lipinski definition) is 4. The lowest BCUT2D eigenvalue weighted by Crippen LogP contribution is -2.47. The van der Waals surface area contributed by atoms with Crippen LogP contribution in [-0.2, 0) is 4.79 Å². The fraction of sp³-hybridized carbons (Fsp3) is 0.650. The number of fused-ring (bicyclic) bond motifs is 1. The van der Waals surface area contributed by atoms with E-state index >= 15 is 0 Å². The molecule has 3 fully saturated rings. The summed E-state index contributed by atoms with van der Waals surface area (Å²) in [5.74, 6) is 1.80. The molecule has 25 heavy (non-hydrogen) atoms. The Kier molecular flexibility index (Phi) is 4.84. The highest BCUT2D eigenvalue weighted by Crippen LogP contribution is 2.34. The number of ether oxygens (including phenoxy) is 1. The molecule has 0 aromatic heterocycles. The molecule has 1 aromatic rings. The normalized spacial score (nSPS) is 31.6. The van der Waals surface area contributed by atoms with E-state index in [0.717, 1.165) is 37.4 Å². The topological polar surface area (TPSA) is 53.6 Å². The molecule has 0 radical (unpaired) electrons. The van der Waals surface area contributed by atoms with E-state index in [1.54, 1.807) is 7.11 Å². The fourth-order valence-electron chi connectivity index (χ4n) is 4.81. The summed E-state index contributed by atoms with van der Waals surface area (Å²) in [6.45, 7) is 1.81. The first-order valence-corrected chi connectivity index (χ1v) is 9.69. The molecule has 4 rings (SSSR count). The van der Waals surface area contributed by atoms with Gasteiger partial charge in [0.2, 0.25) is 5.91 Å². The zero-order valence-electron chi connectivity index (χ0n) is 15.0. The highest BCUT2D eigenvalue weighted by atomic mass is 16.5. The minimum absolute atomic E-state index is 0.00779. The summed E-state index contributed by atoms with van der Waals surface area (Å²) in [7, 11) is 1.71. The van der Waals surface area contributed by atoms with Crippen LogP contribution in [0.25, 0.3) is 0 Å². The molecule has 1 aliphatic carbocycles. The Balaban J connectivity index is 1.33. The number of hydrogen-bond donors (Lipinski definition) is 2. The highest BCUT2D eigenvalue weighted by Gasteiger charge is 2.39. The smallest absolute Gasteiger partial charge is 0.237 e. The van der Waals surface area contributed by atoms with Crippen LogP contribution in [-0.4, -0.2) is 44.2 Å². The molecule has 136 valence electrons. The Bertz CT molecular complexity index is 607. The molecule has 2 aliphatic heterocycles. The van der Waals surface area contributed by atoms with Gasteiger partial charge in [0.1, 0.15) is 5.75 Å². The molecule has 0 bridgehead atoms. The lowest BCUT2D eigenvalue weighted by atomic mass is 9.85. The van der Waals surface area contributed by atoms with Crippen molar-refractivity contribution in [1.82, 2.24) is 10.6 Å². The second-order valence-corrected chi connectivity index (χ2v) is 7.72. The Morgan fingerprint density at radius 3 is 2.92 bits per heavy atom. The predicted molar refractivity (Wildman–Crippen MR) is 99.0 cm³/mol. The molecule has 3 aliphatic rings. The maximum atomic E-state index is 12.7. The van der Waals surface area contributed by atoms with Crippen molar-refractivity contribution in [2.45, 2.75) is 56.7 Å². The van der Waals surface area contributed by atoms with Crippen LogP contribution in [0.15, 0.2) is 24.3 Å². The summed E-state index contributed by atoms with van der Waals surface area (Å²) in [4.78, 5) is 15.0. The minimum atomic E-state index is 0.00779. The lowest BCUT2D eigenvalue weighted by Gasteiger charge is -2.24. The number of carbonyl (C=O) groups excluding carboxylic acids is 1. The molecular formula is C20H29N3O2. The third kappa shape index (κ3) is 3.47. The molecule has 5 nitrogen and oxygen atoms in total. The van der Waals surface area contributed by atoms with Gasteiger partial charge in [-0.3, -0.25) is 4.79 Å². The molecule has 2 saturated heterocycles. The standard InChI is InChI=1S/C20H29N3O2/c1-25-19-9-5-4-8-18(19)23-11-10-15(13-23)21-20(24)17-12-14-6-2-3-7-16(14)22-17/h4-5,8-9,14-17,22H,2-3,6-7,10-13H2,1H3,(H,21,24). The number of benzene rings is 1. The molecule has 5 heteroatoms. The van der Waals surface area contributed by atoms with Gasteiger partial charge in [-0.05, 0) is 43.7 Å². The van der Waals surface area contributed by atoms with E-state index < -0.39 is 0 Å². The first kappa shape index (κ1) is 16.7. The van der Waals surface area contributed by atoms with Crippen molar-refractivity contribution in [2.24, 2.45) is 5.92 Å². The Morgan fingerprint density at radius 1 is 1.24 bits per heavy atom. The van der Waals surface area contributed by atoms with E-state index in [4.69, 9.17) is 4.74 Å². The molecular weight excluding hydrogens is 314 g/mol. The van der Waals surface area contributed by atoms with Gasteiger partial charge >= 0.3 is 0 Å². The molecule has 1 aromatic carbocycles. The van der Waals surface area contributed by atoms with Crippen molar-refractivity contribution < 1.29 is 9.53 Å². The number of methoxy groups -OCH3 is 1. The van der Waals surface area contributed by atoms with E-state index in [-0.39, 0.29) is 18.0 Å². The van der Waals surface area contributed by atoms with Crippen molar-refractivity contribution in [3.63, 3.8) is 0 Å². The first-order valence-electron chi connectivity index (χ1n) is 9.69. The molecule has 1 saturated carbocycles. The van der Waals surface area contributed by atoms with Crippen LogP contribution in [0.1, 0.15) is 38.5 Å². The van der Waals surface area contributed by atoms with E-state index in [0.29, 0.717) is 12.0 Å². The highest BCUT2D eigenvalue weighted by molar-refractivity contribution is 5.82. The third-order valence-corrected chi connectivity index (χ3v) is 6.14. The van der Waals surface area contributed by atoms with Crippen LogP contribution in [0.2, 0.25) is 0 Å². The summed E-state index contributed by atoms with van der Waals surface area (Å²) >= 11 is 0. The maximum absolute atomic E-state index is 12.7. The first-order chi connectivity index (χ1) is 12.2.